The minimum absolute atomic E-state index is 0.157. The van der Waals surface area contributed by atoms with Gasteiger partial charge in [0.25, 0.3) is 0 Å². The van der Waals surface area contributed by atoms with E-state index in [1.807, 2.05) is 0 Å². The summed E-state index contributed by atoms with van der Waals surface area (Å²) < 4.78 is 32.1. The molecule has 1 aromatic heterocycles. The summed E-state index contributed by atoms with van der Waals surface area (Å²) in [7, 11) is -1.72. The Hall–Kier alpha value is -0.370. The lowest BCUT2D eigenvalue weighted by Gasteiger charge is -2.04. The van der Waals surface area contributed by atoms with Gasteiger partial charge in [-0.2, -0.15) is 0 Å². The Morgan fingerprint density at radius 2 is 2.11 bits per heavy atom. The SMILES string of the molecule is CCCCCNS(=O)(=O)c1cc(CNC)oc1Br. The zero-order valence-electron chi connectivity index (χ0n) is 10.6. The van der Waals surface area contributed by atoms with Gasteiger partial charge in [0.1, 0.15) is 10.7 Å². The second kappa shape index (κ2) is 7.28. The molecule has 0 amide bonds. The van der Waals surface area contributed by atoms with Crippen molar-refractivity contribution in [2.24, 2.45) is 0 Å². The van der Waals surface area contributed by atoms with Crippen LogP contribution in [0.25, 0.3) is 0 Å². The van der Waals surface area contributed by atoms with Gasteiger partial charge in [0.15, 0.2) is 4.67 Å². The average molecular weight is 339 g/mol. The van der Waals surface area contributed by atoms with E-state index in [1.54, 1.807) is 7.05 Å². The van der Waals surface area contributed by atoms with E-state index >= 15 is 0 Å². The first-order valence-electron chi connectivity index (χ1n) is 5.93. The lowest BCUT2D eigenvalue weighted by atomic mass is 10.3. The molecule has 0 aliphatic rings. The van der Waals surface area contributed by atoms with Gasteiger partial charge in [0.05, 0.1) is 6.54 Å². The van der Waals surface area contributed by atoms with Gasteiger partial charge in [-0.1, -0.05) is 19.8 Å². The van der Waals surface area contributed by atoms with E-state index in [9.17, 15) is 8.42 Å². The van der Waals surface area contributed by atoms with Crippen molar-refractivity contribution >= 4 is 26.0 Å². The Bertz CT molecular complexity index is 471. The van der Waals surface area contributed by atoms with Crippen LogP contribution in [-0.4, -0.2) is 22.0 Å². The third kappa shape index (κ3) is 4.38. The molecule has 2 N–H and O–H groups in total. The number of hydrogen-bond donors (Lipinski definition) is 2. The van der Waals surface area contributed by atoms with Crippen molar-refractivity contribution in [3.63, 3.8) is 0 Å². The van der Waals surface area contributed by atoms with Gasteiger partial charge in [0, 0.05) is 12.6 Å². The molecule has 0 fully saturated rings. The molecule has 7 heteroatoms. The number of furan rings is 1. The van der Waals surface area contributed by atoms with Gasteiger partial charge in [0.2, 0.25) is 10.0 Å². The lowest BCUT2D eigenvalue weighted by Crippen LogP contribution is -2.24. The van der Waals surface area contributed by atoms with Crippen molar-refractivity contribution in [3.8, 4) is 0 Å². The van der Waals surface area contributed by atoms with Crippen LogP contribution in [0.3, 0.4) is 0 Å². The van der Waals surface area contributed by atoms with E-state index < -0.39 is 10.0 Å². The first kappa shape index (κ1) is 15.7. The van der Waals surface area contributed by atoms with Gasteiger partial charge in [-0.3, -0.25) is 0 Å². The molecule has 0 aliphatic carbocycles. The summed E-state index contributed by atoms with van der Waals surface area (Å²) in [5.74, 6) is 0.582. The fourth-order valence-electron chi connectivity index (χ4n) is 1.50. The number of sulfonamides is 1. The lowest BCUT2D eigenvalue weighted by molar-refractivity contribution is 0.470. The minimum atomic E-state index is -3.49. The van der Waals surface area contributed by atoms with Crippen LogP contribution in [0.1, 0.15) is 31.9 Å². The topological polar surface area (TPSA) is 71.3 Å². The molecule has 1 rings (SSSR count). The first-order chi connectivity index (χ1) is 8.51. The maximum atomic E-state index is 12.0. The fraction of sp³-hybridized carbons (Fsp3) is 0.636. The van der Waals surface area contributed by atoms with Gasteiger partial charge in [-0.25, -0.2) is 13.1 Å². The standard InChI is InChI=1S/C11H19BrN2O3S/c1-3-4-5-6-14-18(15,16)10-7-9(8-13-2)17-11(10)12/h7,13-14H,3-6,8H2,1-2H3. The zero-order valence-corrected chi connectivity index (χ0v) is 13.0. The molecule has 0 aromatic carbocycles. The predicted octanol–water partition coefficient (Wildman–Crippen LogP) is 2.23. The summed E-state index contributed by atoms with van der Waals surface area (Å²) in [5, 5.41) is 2.91. The van der Waals surface area contributed by atoms with Crippen LogP contribution in [-0.2, 0) is 16.6 Å². The van der Waals surface area contributed by atoms with Gasteiger partial charge >= 0.3 is 0 Å². The maximum Gasteiger partial charge on any atom is 0.244 e. The van der Waals surface area contributed by atoms with Crippen LogP contribution >= 0.6 is 15.9 Å². The molecule has 18 heavy (non-hydrogen) atoms. The van der Waals surface area contributed by atoms with Crippen LogP contribution in [0.15, 0.2) is 20.0 Å². The highest BCUT2D eigenvalue weighted by atomic mass is 79.9. The number of unbranched alkanes of at least 4 members (excludes halogenated alkanes) is 2. The molecule has 1 aromatic rings. The third-order valence-electron chi connectivity index (χ3n) is 2.42. The zero-order chi connectivity index (χ0) is 13.6. The van der Waals surface area contributed by atoms with Crippen molar-refractivity contribution in [1.29, 1.82) is 0 Å². The molecule has 104 valence electrons. The second-order valence-electron chi connectivity index (χ2n) is 3.99. The molecule has 0 atom stereocenters. The molecule has 0 spiro atoms. The van der Waals surface area contributed by atoms with Crippen LogP contribution < -0.4 is 10.0 Å². The molecular formula is C11H19BrN2O3S. The maximum absolute atomic E-state index is 12.0. The average Bonchev–Trinajstić information content (AvgIpc) is 2.67. The third-order valence-corrected chi connectivity index (χ3v) is 4.74. The van der Waals surface area contributed by atoms with Crippen LogP contribution in [0.2, 0.25) is 0 Å². The normalized spacial score (nSPS) is 11.9. The van der Waals surface area contributed by atoms with E-state index in [1.165, 1.54) is 6.07 Å². The molecule has 0 saturated carbocycles. The monoisotopic (exact) mass is 338 g/mol. The van der Waals surface area contributed by atoms with Gasteiger partial charge < -0.3 is 9.73 Å². The smallest absolute Gasteiger partial charge is 0.244 e. The highest BCUT2D eigenvalue weighted by Crippen LogP contribution is 2.25. The van der Waals surface area contributed by atoms with Crippen molar-refractivity contribution in [3.05, 3.63) is 16.5 Å². The fourth-order valence-corrected chi connectivity index (χ4v) is 3.57. The highest BCUT2D eigenvalue weighted by Gasteiger charge is 2.21. The van der Waals surface area contributed by atoms with E-state index in [4.69, 9.17) is 4.42 Å². The minimum Gasteiger partial charge on any atom is -0.452 e. The van der Waals surface area contributed by atoms with Crippen LogP contribution in [0.5, 0.6) is 0 Å². The molecule has 0 bridgehead atoms. The quantitative estimate of drug-likeness (QED) is 0.713. The molecule has 0 saturated heterocycles. The molecular weight excluding hydrogens is 320 g/mol. The number of halogens is 1. The van der Waals surface area contributed by atoms with Gasteiger partial charge in [-0.05, 0) is 29.4 Å². The van der Waals surface area contributed by atoms with E-state index in [-0.39, 0.29) is 9.56 Å². The molecule has 0 radical (unpaired) electrons. The summed E-state index contributed by atoms with van der Waals surface area (Å²) >= 11 is 3.13. The van der Waals surface area contributed by atoms with Crippen molar-refractivity contribution in [2.45, 2.75) is 37.6 Å². The Labute approximate surface area is 117 Å². The summed E-state index contributed by atoms with van der Waals surface area (Å²) in [5.41, 5.74) is 0. The Balaban J connectivity index is 2.72. The summed E-state index contributed by atoms with van der Waals surface area (Å²) in [6.07, 6.45) is 2.91. The molecule has 5 nitrogen and oxygen atoms in total. The molecule has 0 aliphatic heterocycles. The Morgan fingerprint density at radius 1 is 1.39 bits per heavy atom. The number of nitrogens with one attached hydrogen (secondary N) is 2. The summed E-state index contributed by atoms with van der Waals surface area (Å²) in [4.78, 5) is 0.157. The van der Waals surface area contributed by atoms with Gasteiger partial charge in [-0.15, -0.1) is 0 Å². The molecule has 1 heterocycles. The van der Waals surface area contributed by atoms with Crippen LogP contribution in [0, 0.1) is 0 Å². The van der Waals surface area contributed by atoms with Crippen LogP contribution in [0.4, 0.5) is 0 Å². The van der Waals surface area contributed by atoms with E-state index in [0.29, 0.717) is 18.8 Å². The number of rotatable bonds is 8. The predicted molar refractivity (Wildman–Crippen MR) is 73.9 cm³/mol. The summed E-state index contributed by atoms with van der Waals surface area (Å²) in [6.45, 7) is 3.02. The summed E-state index contributed by atoms with van der Waals surface area (Å²) in [6, 6.07) is 1.53. The van der Waals surface area contributed by atoms with Crippen molar-refractivity contribution in [1.82, 2.24) is 10.0 Å². The number of hydrogen-bond acceptors (Lipinski definition) is 4. The van der Waals surface area contributed by atoms with Crippen molar-refractivity contribution in [2.75, 3.05) is 13.6 Å². The Kier molecular flexibility index (Phi) is 6.34. The first-order valence-corrected chi connectivity index (χ1v) is 8.21. The molecule has 0 unspecified atom stereocenters. The Morgan fingerprint density at radius 3 is 2.72 bits per heavy atom. The van der Waals surface area contributed by atoms with E-state index in [0.717, 1.165) is 19.3 Å². The second-order valence-corrected chi connectivity index (χ2v) is 6.44. The largest absolute Gasteiger partial charge is 0.452 e. The van der Waals surface area contributed by atoms with Crippen molar-refractivity contribution < 1.29 is 12.8 Å². The van der Waals surface area contributed by atoms with E-state index in [2.05, 4.69) is 32.9 Å². The highest BCUT2D eigenvalue weighted by molar-refractivity contribution is 9.10.